The summed E-state index contributed by atoms with van der Waals surface area (Å²) in [5, 5.41) is 5.46. The molecule has 0 unspecified atom stereocenters. The number of nitrogens with zero attached hydrogens (tertiary/aromatic N) is 3. The third kappa shape index (κ3) is 3.12. The van der Waals surface area contributed by atoms with Crippen molar-refractivity contribution in [1.82, 2.24) is 19.6 Å². The Morgan fingerprint density at radius 2 is 2.17 bits per heavy atom. The molecule has 3 aromatic heterocycles. The first-order valence-corrected chi connectivity index (χ1v) is 10.5. The van der Waals surface area contributed by atoms with Crippen molar-refractivity contribution in [3.05, 3.63) is 45.2 Å². The molecule has 0 amide bonds. The fourth-order valence-electron chi connectivity index (χ4n) is 3.75. The summed E-state index contributed by atoms with van der Waals surface area (Å²) in [6, 6.07) is 7.64. The summed E-state index contributed by atoms with van der Waals surface area (Å²) in [6.07, 6.45) is 0.842. The molecule has 0 aliphatic carbocycles. The number of ether oxygens (including phenoxy) is 2. The Labute approximate surface area is 171 Å². The molecule has 0 atom stereocenters. The molecular weight excluding hydrogens is 388 g/mol. The van der Waals surface area contributed by atoms with Gasteiger partial charge in [-0.15, -0.1) is 16.4 Å². The van der Waals surface area contributed by atoms with Gasteiger partial charge in [0.05, 0.1) is 23.7 Å². The number of aromatic nitrogens is 4. The second-order valence-electron chi connectivity index (χ2n) is 8.23. The van der Waals surface area contributed by atoms with E-state index in [2.05, 4.69) is 23.9 Å². The number of hydrogen-bond acceptors (Lipinski definition) is 6. The molecule has 1 aliphatic rings. The van der Waals surface area contributed by atoms with Crippen LogP contribution in [0.5, 0.6) is 5.75 Å². The van der Waals surface area contributed by atoms with E-state index < -0.39 is 0 Å². The van der Waals surface area contributed by atoms with Crippen LogP contribution in [0.3, 0.4) is 0 Å². The van der Waals surface area contributed by atoms with E-state index in [0.717, 1.165) is 32.8 Å². The predicted molar refractivity (Wildman–Crippen MR) is 113 cm³/mol. The van der Waals surface area contributed by atoms with E-state index in [1.807, 2.05) is 38.1 Å². The summed E-state index contributed by atoms with van der Waals surface area (Å²) < 4.78 is 13.1. The topological polar surface area (TPSA) is 81.5 Å². The maximum absolute atomic E-state index is 12.6. The van der Waals surface area contributed by atoms with Gasteiger partial charge in [-0.25, -0.2) is 9.78 Å². The maximum atomic E-state index is 12.6. The van der Waals surface area contributed by atoms with E-state index in [-0.39, 0.29) is 17.4 Å². The van der Waals surface area contributed by atoms with Crippen LogP contribution in [-0.2, 0) is 17.8 Å². The molecular formula is C21H22N4O3S. The first-order chi connectivity index (χ1) is 13.8. The molecule has 0 spiro atoms. The number of fused-ring (bicyclic) bond motifs is 5. The van der Waals surface area contributed by atoms with E-state index >= 15 is 0 Å². The normalized spacial score (nSPS) is 15.9. The molecule has 0 fully saturated rings. The van der Waals surface area contributed by atoms with E-state index in [1.165, 1.54) is 10.1 Å². The van der Waals surface area contributed by atoms with Crippen LogP contribution >= 0.6 is 11.3 Å². The minimum absolute atomic E-state index is 0.0737. The lowest BCUT2D eigenvalue weighted by atomic mass is 9.94. The fourth-order valence-corrected chi connectivity index (χ4v) is 4.86. The molecule has 1 aliphatic heterocycles. The molecule has 0 radical (unpaired) electrons. The van der Waals surface area contributed by atoms with Crippen LogP contribution < -0.4 is 10.4 Å². The van der Waals surface area contributed by atoms with Gasteiger partial charge in [-0.1, -0.05) is 12.1 Å². The second kappa shape index (κ2) is 6.40. The van der Waals surface area contributed by atoms with Gasteiger partial charge in [0.2, 0.25) is 0 Å². The lowest BCUT2D eigenvalue weighted by molar-refractivity contribution is -0.0379. The molecule has 8 heteroatoms. The van der Waals surface area contributed by atoms with Crippen molar-refractivity contribution < 1.29 is 9.47 Å². The Morgan fingerprint density at radius 1 is 1.34 bits per heavy atom. The maximum Gasteiger partial charge on any atom is 0.349 e. The first kappa shape index (κ1) is 18.3. The van der Waals surface area contributed by atoms with Crippen LogP contribution in [0, 0.1) is 0 Å². The lowest BCUT2D eigenvalue weighted by Gasteiger charge is -2.30. The Balaban J connectivity index is 1.71. The van der Waals surface area contributed by atoms with Gasteiger partial charge < -0.3 is 9.47 Å². The van der Waals surface area contributed by atoms with E-state index in [4.69, 9.17) is 14.5 Å². The van der Waals surface area contributed by atoms with Crippen LogP contribution in [0.4, 0.5) is 0 Å². The standard InChI is InChI=1S/C21H22N4O3S/c1-11(2)28-13-7-5-6-12(8-13)17-22-18-16-14-9-21(3,4)27-10-15(14)29-19(16)23-20(26)25(18)24-17/h5-8,11H,9-10H2,1-4H3,(H,23,26). The van der Waals surface area contributed by atoms with Crippen molar-refractivity contribution in [2.45, 2.75) is 52.4 Å². The average molecular weight is 410 g/mol. The highest BCUT2D eigenvalue weighted by Gasteiger charge is 2.31. The van der Waals surface area contributed by atoms with Gasteiger partial charge in [0, 0.05) is 16.9 Å². The Bertz CT molecular complexity index is 1300. The first-order valence-electron chi connectivity index (χ1n) is 9.65. The molecule has 29 heavy (non-hydrogen) atoms. The van der Waals surface area contributed by atoms with Gasteiger partial charge in [-0.3, -0.25) is 4.98 Å². The van der Waals surface area contributed by atoms with Crippen molar-refractivity contribution in [3.63, 3.8) is 0 Å². The lowest BCUT2D eigenvalue weighted by Crippen LogP contribution is -2.31. The van der Waals surface area contributed by atoms with Crippen LogP contribution in [0.15, 0.2) is 29.1 Å². The summed E-state index contributed by atoms with van der Waals surface area (Å²) >= 11 is 1.56. The minimum Gasteiger partial charge on any atom is -0.491 e. The van der Waals surface area contributed by atoms with Gasteiger partial charge >= 0.3 is 5.69 Å². The Morgan fingerprint density at radius 3 is 2.97 bits per heavy atom. The fraction of sp³-hybridized carbons (Fsp3) is 0.381. The number of rotatable bonds is 3. The van der Waals surface area contributed by atoms with Gasteiger partial charge in [0.15, 0.2) is 11.5 Å². The monoisotopic (exact) mass is 410 g/mol. The molecule has 1 N–H and O–H groups in total. The molecule has 150 valence electrons. The highest BCUT2D eigenvalue weighted by atomic mass is 32.1. The SMILES string of the molecule is CC(C)Oc1cccc(-c2nc3c4c5c(sc4[nH]c(=O)n3n2)COC(C)(C)C5)c1. The van der Waals surface area contributed by atoms with Crippen molar-refractivity contribution in [2.75, 3.05) is 0 Å². The molecule has 4 heterocycles. The van der Waals surface area contributed by atoms with E-state index in [9.17, 15) is 4.79 Å². The zero-order valence-corrected chi connectivity index (χ0v) is 17.6. The number of H-pyrrole nitrogens is 1. The number of benzene rings is 1. The van der Waals surface area contributed by atoms with Crippen LogP contribution in [-0.4, -0.2) is 31.3 Å². The van der Waals surface area contributed by atoms with Crippen LogP contribution in [0.1, 0.15) is 38.1 Å². The third-order valence-corrected chi connectivity index (χ3v) is 6.12. The Kier molecular flexibility index (Phi) is 4.04. The van der Waals surface area contributed by atoms with Gasteiger partial charge in [-0.05, 0) is 45.4 Å². The van der Waals surface area contributed by atoms with Crippen molar-refractivity contribution in [2.24, 2.45) is 0 Å². The number of aromatic amines is 1. The largest absolute Gasteiger partial charge is 0.491 e. The van der Waals surface area contributed by atoms with E-state index in [0.29, 0.717) is 18.1 Å². The quantitative estimate of drug-likeness (QED) is 0.553. The van der Waals surface area contributed by atoms with Crippen molar-refractivity contribution in [1.29, 1.82) is 0 Å². The Hall–Kier alpha value is -2.71. The molecule has 4 aromatic rings. The highest BCUT2D eigenvalue weighted by Crippen LogP contribution is 2.39. The number of thiophene rings is 1. The third-order valence-electron chi connectivity index (χ3n) is 4.99. The molecule has 7 nitrogen and oxygen atoms in total. The zero-order valence-electron chi connectivity index (χ0n) is 16.8. The molecule has 1 aromatic carbocycles. The number of nitrogens with one attached hydrogen (secondary N) is 1. The van der Waals surface area contributed by atoms with Gasteiger partial charge in [0.25, 0.3) is 0 Å². The van der Waals surface area contributed by atoms with Crippen molar-refractivity contribution in [3.8, 4) is 17.1 Å². The minimum atomic E-state index is -0.292. The molecule has 0 saturated carbocycles. The average Bonchev–Trinajstić information content (AvgIpc) is 3.22. The van der Waals surface area contributed by atoms with Crippen LogP contribution in [0.2, 0.25) is 0 Å². The molecule has 0 saturated heterocycles. The molecule has 0 bridgehead atoms. The highest BCUT2D eigenvalue weighted by molar-refractivity contribution is 7.19. The predicted octanol–water partition coefficient (Wildman–Crippen LogP) is 3.94. The zero-order chi connectivity index (χ0) is 20.3. The van der Waals surface area contributed by atoms with E-state index in [1.54, 1.807) is 11.3 Å². The molecule has 5 rings (SSSR count). The van der Waals surface area contributed by atoms with Gasteiger partial charge in [0.1, 0.15) is 10.6 Å². The number of hydrogen-bond donors (Lipinski definition) is 1. The summed E-state index contributed by atoms with van der Waals surface area (Å²) in [7, 11) is 0. The summed E-state index contributed by atoms with van der Waals surface area (Å²) in [5.41, 5.74) is 2.05. The second-order valence-corrected chi connectivity index (χ2v) is 9.33. The van der Waals surface area contributed by atoms with Gasteiger partial charge in [-0.2, -0.15) is 4.52 Å². The van der Waals surface area contributed by atoms with Crippen LogP contribution in [0.25, 0.3) is 27.3 Å². The summed E-state index contributed by atoms with van der Waals surface area (Å²) in [5.74, 6) is 1.26. The summed E-state index contributed by atoms with van der Waals surface area (Å²) in [6.45, 7) is 8.68. The summed E-state index contributed by atoms with van der Waals surface area (Å²) in [4.78, 5) is 22.3. The smallest absolute Gasteiger partial charge is 0.349 e. The van der Waals surface area contributed by atoms with Crippen molar-refractivity contribution >= 4 is 27.2 Å².